The van der Waals surface area contributed by atoms with E-state index in [1.807, 2.05) is 36.1 Å². The molecule has 15 heavy (non-hydrogen) atoms. The summed E-state index contributed by atoms with van der Waals surface area (Å²) in [4.78, 5) is 13.6. The Bertz CT molecular complexity index is 378. The molecule has 1 atom stereocenters. The van der Waals surface area contributed by atoms with Crippen LogP contribution in [0.2, 0.25) is 0 Å². The number of halogens is 1. The van der Waals surface area contributed by atoms with Gasteiger partial charge in [0.15, 0.2) is 0 Å². The van der Waals surface area contributed by atoms with E-state index in [4.69, 9.17) is 11.6 Å². The fourth-order valence-electron chi connectivity index (χ4n) is 1.93. The first kappa shape index (κ1) is 10.5. The highest BCUT2D eigenvalue weighted by Crippen LogP contribution is 2.26. The van der Waals surface area contributed by atoms with E-state index < -0.39 is 0 Å². The molecule has 1 aromatic carbocycles. The first-order valence-electron chi connectivity index (χ1n) is 5.13. The lowest BCUT2D eigenvalue weighted by atomic mass is 10.1. The molecule has 2 nitrogen and oxygen atoms in total. The molecule has 0 spiro atoms. The van der Waals surface area contributed by atoms with E-state index in [2.05, 4.69) is 0 Å². The van der Waals surface area contributed by atoms with Crippen LogP contribution in [0.25, 0.3) is 0 Å². The highest BCUT2D eigenvalue weighted by atomic mass is 35.5. The Hall–Kier alpha value is -1.02. The average Bonchev–Trinajstić information content (AvgIpc) is 2.60. The number of aryl methyl sites for hydroxylation is 1. The highest BCUT2D eigenvalue weighted by Gasteiger charge is 2.29. The Morgan fingerprint density at radius 2 is 2.33 bits per heavy atom. The number of carbonyl (C=O) groups is 1. The number of nitrogens with zero attached hydrogens (tertiary/aromatic N) is 1. The van der Waals surface area contributed by atoms with Crippen LogP contribution in [0.1, 0.15) is 12.0 Å². The van der Waals surface area contributed by atoms with E-state index in [-0.39, 0.29) is 5.91 Å². The van der Waals surface area contributed by atoms with Gasteiger partial charge in [0.25, 0.3) is 0 Å². The third-order valence-electron chi connectivity index (χ3n) is 2.74. The molecule has 1 amide bonds. The summed E-state index contributed by atoms with van der Waals surface area (Å²) in [7, 11) is 0. The number of benzene rings is 1. The summed E-state index contributed by atoms with van der Waals surface area (Å²) in [5.74, 6) is 1.06. The van der Waals surface area contributed by atoms with Crippen LogP contribution in [0.15, 0.2) is 24.3 Å². The number of rotatable bonds is 2. The van der Waals surface area contributed by atoms with Crippen LogP contribution < -0.4 is 4.90 Å². The quantitative estimate of drug-likeness (QED) is 0.706. The fraction of sp³-hybridized carbons (Fsp3) is 0.417. The standard InChI is InChI=1S/C12H14ClNO/c1-9-3-2-4-11(5-9)14-8-10(7-13)6-12(14)15/h2-5,10H,6-8H2,1H3. The molecule has 0 aromatic heterocycles. The van der Waals surface area contributed by atoms with Crippen LogP contribution in [-0.2, 0) is 4.79 Å². The molecule has 1 unspecified atom stereocenters. The minimum Gasteiger partial charge on any atom is -0.312 e. The van der Waals surface area contributed by atoms with Gasteiger partial charge in [0.05, 0.1) is 0 Å². The van der Waals surface area contributed by atoms with Gasteiger partial charge in [-0.15, -0.1) is 11.6 Å². The zero-order valence-corrected chi connectivity index (χ0v) is 9.50. The molecule has 0 bridgehead atoms. The third kappa shape index (κ3) is 2.15. The van der Waals surface area contributed by atoms with Crippen LogP contribution in [0.3, 0.4) is 0 Å². The zero-order chi connectivity index (χ0) is 10.8. The molecule has 2 rings (SSSR count). The second-order valence-corrected chi connectivity index (χ2v) is 4.38. The molecule has 1 aromatic rings. The molecule has 0 radical (unpaired) electrons. The average molecular weight is 224 g/mol. The maximum Gasteiger partial charge on any atom is 0.227 e. The van der Waals surface area contributed by atoms with Crippen molar-refractivity contribution in [3.05, 3.63) is 29.8 Å². The Balaban J connectivity index is 2.21. The highest BCUT2D eigenvalue weighted by molar-refractivity contribution is 6.18. The smallest absolute Gasteiger partial charge is 0.227 e. The molecule has 1 heterocycles. The third-order valence-corrected chi connectivity index (χ3v) is 3.17. The van der Waals surface area contributed by atoms with E-state index in [1.54, 1.807) is 0 Å². The number of hydrogen-bond acceptors (Lipinski definition) is 1. The number of alkyl halides is 1. The molecular weight excluding hydrogens is 210 g/mol. The van der Waals surface area contributed by atoms with Gasteiger partial charge in [0.2, 0.25) is 5.91 Å². The van der Waals surface area contributed by atoms with Gasteiger partial charge in [-0.3, -0.25) is 4.79 Å². The Kier molecular flexibility index (Phi) is 2.96. The molecule has 0 saturated carbocycles. The second kappa shape index (κ2) is 4.23. The van der Waals surface area contributed by atoms with Gasteiger partial charge in [0, 0.05) is 24.5 Å². The first-order chi connectivity index (χ1) is 7.20. The second-order valence-electron chi connectivity index (χ2n) is 4.07. The van der Waals surface area contributed by atoms with E-state index in [0.29, 0.717) is 18.2 Å². The first-order valence-corrected chi connectivity index (χ1v) is 5.67. The van der Waals surface area contributed by atoms with Crippen molar-refractivity contribution in [3.8, 4) is 0 Å². The maximum absolute atomic E-state index is 11.7. The minimum absolute atomic E-state index is 0.186. The number of hydrogen-bond donors (Lipinski definition) is 0. The monoisotopic (exact) mass is 223 g/mol. The van der Waals surface area contributed by atoms with Crippen LogP contribution in [0.4, 0.5) is 5.69 Å². The van der Waals surface area contributed by atoms with E-state index in [0.717, 1.165) is 12.2 Å². The lowest BCUT2D eigenvalue weighted by molar-refractivity contribution is -0.117. The molecule has 3 heteroatoms. The molecular formula is C12H14ClNO. The lowest BCUT2D eigenvalue weighted by Crippen LogP contribution is -2.24. The van der Waals surface area contributed by atoms with Crippen molar-refractivity contribution in [2.24, 2.45) is 5.92 Å². The Morgan fingerprint density at radius 1 is 1.53 bits per heavy atom. The summed E-state index contributed by atoms with van der Waals surface area (Å²) in [6.45, 7) is 2.79. The largest absolute Gasteiger partial charge is 0.312 e. The van der Waals surface area contributed by atoms with Crippen molar-refractivity contribution in [2.75, 3.05) is 17.3 Å². The van der Waals surface area contributed by atoms with E-state index in [1.165, 1.54) is 5.56 Å². The van der Waals surface area contributed by atoms with Gasteiger partial charge in [-0.25, -0.2) is 0 Å². The van der Waals surface area contributed by atoms with Gasteiger partial charge in [-0.2, -0.15) is 0 Å². The summed E-state index contributed by atoms with van der Waals surface area (Å²) in [5.41, 5.74) is 2.17. The normalized spacial score (nSPS) is 21.1. The van der Waals surface area contributed by atoms with Crippen molar-refractivity contribution in [1.29, 1.82) is 0 Å². The molecule has 0 N–H and O–H groups in total. The molecule has 80 valence electrons. The van der Waals surface area contributed by atoms with Gasteiger partial charge in [-0.1, -0.05) is 12.1 Å². The van der Waals surface area contributed by atoms with Crippen LogP contribution in [0.5, 0.6) is 0 Å². The number of anilines is 1. The minimum atomic E-state index is 0.186. The Labute approximate surface area is 94.8 Å². The van der Waals surface area contributed by atoms with Gasteiger partial charge in [-0.05, 0) is 30.5 Å². The number of carbonyl (C=O) groups excluding carboxylic acids is 1. The predicted molar refractivity (Wildman–Crippen MR) is 62.4 cm³/mol. The molecule has 1 aliphatic heterocycles. The predicted octanol–water partition coefficient (Wildman–Crippen LogP) is 2.59. The SMILES string of the molecule is Cc1cccc(N2CC(CCl)CC2=O)c1. The van der Waals surface area contributed by atoms with Gasteiger partial charge < -0.3 is 4.90 Å². The summed E-state index contributed by atoms with van der Waals surface area (Å²) >= 11 is 5.78. The van der Waals surface area contributed by atoms with Gasteiger partial charge >= 0.3 is 0 Å². The number of amides is 1. The van der Waals surface area contributed by atoms with Crippen molar-refractivity contribution >= 4 is 23.2 Å². The van der Waals surface area contributed by atoms with Crippen LogP contribution in [-0.4, -0.2) is 18.3 Å². The topological polar surface area (TPSA) is 20.3 Å². The lowest BCUT2D eigenvalue weighted by Gasteiger charge is -2.16. The molecule has 1 fully saturated rings. The maximum atomic E-state index is 11.7. The zero-order valence-electron chi connectivity index (χ0n) is 8.74. The summed E-state index contributed by atoms with van der Waals surface area (Å²) < 4.78 is 0. The van der Waals surface area contributed by atoms with Gasteiger partial charge in [0.1, 0.15) is 0 Å². The Morgan fingerprint density at radius 3 is 2.93 bits per heavy atom. The van der Waals surface area contributed by atoms with Crippen molar-refractivity contribution < 1.29 is 4.79 Å². The van der Waals surface area contributed by atoms with Crippen molar-refractivity contribution in [3.63, 3.8) is 0 Å². The van der Waals surface area contributed by atoms with E-state index in [9.17, 15) is 4.79 Å². The van der Waals surface area contributed by atoms with Crippen molar-refractivity contribution in [1.82, 2.24) is 0 Å². The summed E-state index contributed by atoms with van der Waals surface area (Å²) in [5, 5.41) is 0. The summed E-state index contributed by atoms with van der Waals surface area (Å²) in [6, 6.07) is 8.02. The molecule has 1 aliphatic rings. The molecule has 1 saturated heterocycles. The van der Waals surface area contributed by atoms with Crippen molar-refractivity contribution in [2.45, 2.75) is 13.3 Å². The van der Waals surface area contributed by atoms with Crippen LogP contribution >= 0.6 is 11.6 Å². The van der Waals surface area contributed by atoms with Crippen LogP contribution in [0, 0.1) is 12.8 Å². The fourth-order valence-corrected chi connectivity index (χ4v) is 2.14. The molecule has 0 aliphatic carbocycles. The van der Waals surface area contributed by atoms with E-state index >= 15 is 0 Å². The summed E-state index contributed by atoms with van der Waals surface area (Å²) in [6.07, 6.45) is 0.581.